The summed E-state index contributed by atoms with van der Waals surface area (Å²) < 4.78 is 33.3. The predicted molar refractivity (Wildman–Crippen MR) is 203 cm³/mol. The summed E-state index contributed by atoms with van der Waals surface area (Å²) in [6.45, 7) is 3.21. The molecule has 0 aliphatic heterocycles. The highest BCUT2D eigenvalue weighted by Crippen LogP contribution is 2.47. The lowest BCUT2D eigenvalue weighted by Gasteiger charge is -2.41. The van der Waals surface area contributed by atoms with Gasteiger partial charge in [-0.3, -0.25) is 18.6 Å². The molecule has 1 saturated carbocycles. The van der Waals surface area contributed by atoms with Crippen LogP contribution >= 0.6 is 7.82 Å². The van der Waals surface area contributed by atoms with E-state index in [9.17, 15) is 44.6 Å². The maximum atomic E-state index is 12.7. The summed E-state index contributed by atoms with van der Waals surface area (Å²) >= 11 is 0. The number of allylic oxidation sites excluding steroid dienone is 4. The molecule has 0 saturated heterocycles. The summed E-state index contributed by atoms with van der Waals surface area (Å²) in [5, 5.41) is 49.9. The summed E-state index contributed by atoms with van der Waals surface area (Å²) in [5.41, 5.74) is 0. The fourth-order valence-corrected chi connectivity index (χ4v) is 6.94. The minimum Gasteiger partial charge on any atom is -0.462 e. The van der Waals surface area contributed by atoms with Gasteiger partial charge >= 0.3 is 19.8 Å². The van der Waals surface area contributed by atoms with E-state index in [4.69, 9.17) is 18.5 Å². The molecule has 0 amide bonds. The fraction of sp³-hybridized carbons (Fsp3) is 0.846. The summed E-state index contributed by atoms with van der Waals surface area (Å²) in [6.07, 6.45) is 16.9. The molecule has 53 heavy (non-hydrogen) atoms. The van der Waals surface area contributed by atoms with Gasteiger partial charge in [0.05, 0.1) is 6.61 Å². The first-order chi connectivity index (χ1) is 25.4. The number of unbranched alkanes of at least 4 members (excludes halogenated alkanes) is 16. The van der Waals surface area contributed by atoms with Crippen LogP contribution < -0.4 is 0 Å². The zero-order valence-electron chi connectivity index (χ0n) is 32.3. The molecule has 1 rings (SSSR count). The Kier molecular flexibility index (Phi) is 28.4. The number of carbonyl (C=O) groups excluding carboxylic acids is 2. The van der Waals surface area contributed by atoms with Crippen molar-refractivity contribution in [3.63, 3.8) is 0 Å². The van der Waals surface area contributed by atoms with Crippen LogP contribution in [0.3, 0.4) is 0 Å². The maximum Gasteiger partial charge on any atom is 0.472 e. The van der Waals surface area contributed by atoms with Gasteiger partial charge in [-0.15, -0.1) is 0 Å². The lowest BCUT2D eigenvalue weighted by molar-refractivity contribution is -0.220. The maximum absolute atomic E-state index is 12.7. The van der Waals surface area contributed by atoms with Crippen molar-refractivity contribution in [3.8, 4) is 0 Å². The fourth-order valence-electron chi connectivity index (χ4n) is 5.96. The van der Waals surface area contributed by atoms with Crippen molar-refractivity contribution in [2.24, 2.45) is 0 Å². The van der Waals surface area contributed by atoms with E-state index < -0.39 is 75.7 Å². The highest BCUT2D eigenvalue weighted by molar-refractivity contribution is 7.47. The number of carbonyl (C=O) groups is 2. The van der Waals surface area contributed by atoms with Crippen molar-refractivity contribution >= 4 is 19.8 Å². The Labute approximate surface area is 317 Å². The third-order valence-corrected chi connectivity index (χ3v) is 10.3. The average molecular weight is 779 g/mol. The van der Waals surface area contributed by atoms with Crippen molar-refractivity contribution in [2.45, 2.75) is 198 Å². The minimum atomic E-state index is -5.11. The molecule has 1 fully saturated rings. The van der Waals surface area contributed by atoms with Crippen molar-refractivity contribution in [3.05, 3.63) is 24.3 Å². The molecular weight excluding hydrogens is 707 g/mol. The number of hydrogen-bond acceptors (Lipinski definition) is 12. The Morgan fingerprint density at radius 1 is 0.585 bits per heavy atom. The zero-order chi connectivity index (χ0) is 39.3. The average Bonchev–Trinajstić information content (AvgIpc) is 3.13. The summed E-state index contributed by atoms with van der Waals surface area (Å²) in [4.78, 5) is 35.4. The second-order valence-corrected chi connectivity index (χ2v) is 15.5. The van der Waals surface area contributed by atoms with Gasteiger partial charge in [-0.1, -0.05) is 122 Å². The molecule has 0 aromatic heterocycles. The molecule has 8 atom stereocenters. The number of phosphoric acid groups is 1. The first-order valence-corrected chi connectivity index (χ1v) is 21.6. The quantitative estimate of drug-likeness (QED) is 0.0187. The van der Waals surface area contributed by atoms with Gasteiger partial charge in [0.2, 0.25) is 0 Å². The van der Waals surface area contributed by atoms with Crippen LogP contribution in [0.25, 0.3) is 0 Å². The molecule has 310 valence electrons. The van der Waals surface area contributed by atoms with Crippen LogP contribution in [0.1, 0.15) is 155 Å². The van der Waals surface area contributed by atoms with E-state index in [1.165, 1.54) is 70.6 Å². The van der Waals surface area contributed by atoms with Gasteiger partial charge in [0, 0.05) is 12.8 Å². The van der Waals surface area contributed by atoms with E-state index in [-0.39, 0.29) is 12.8 Å². The van der Waals surface area contributed by atoms with Crippen LogP contribution in [0.15, 0.2) is 24.3 Å². The van der Waals surface area contributed by atoms with Crippen molar-refractivity contribution in [1.82, 2.24) is 0 Å². The number of hydrogen-bond donors (Lipinski definition) is 6. The molecule has 13 nitrogen and oxygen atoms in total. The summed E-state index contributed by atoms with van der Waals surface area (Å²) in [5.74, 6) is -1.14. The highest BCUT2D eigenvalue weighted by Gasteiger charge is 2.51. The largest absolute Gasteiger partial charge is 0.472 e. The van der Waals surface area contributed by atoms with Crippen LogP contribution in [0, 0.1) is 0 Å². The van der Waals surface area contributed by atoms with Crippen molar-refractivity contribution in [2.75, 3.05) is 13.2 Å². The molecule has 0 heterocycles. The molecule has 0 spiro atoms. The van der Waals surface area contributed by atoms with Gasteiger partial charge in [0.1, 0.15) is 43.2 Å². The van der Waals surface area contributed by atoms with Crippen LogP contribution in [0.5, 0.6) is 0 Å². The molecular formula is C39H71O13P. The number of rotatable bonds is 32. The number of aliphatic hydroxyl groups excluding tert-OH is 5. The molecule has 14 heteroatoms. The molecule has 0 aromatic rings. The Hall–Kier alpha value is -1.67. The van der Waals surface area contributed by atoms with E-state index in [2.05, 4.69) is 38.2 Å². The smallest absolute Gasteiger partial charge is 0.462 e. The normalized spacial score (nSPS) is 23.7. The lowest BCUT2D eigenvalue weighted by atomic mass is 9.85. The van der Waals surface area contributed by atoms with Crippen LogP contribution in [0.4, 0.5) is 0 Å². The van der Waals surface area contributed by atoms with E-state index in [0.29, 0.717) is 12.8 Å². The standard InChI is InChI=1S/C39H71O13P/c1-3-5-7-9-11-13-14-15-16-17-18-20-22-24-26-28-33(41)51-31(29-49-32(40)27-25-23-21-19-12-10-8-6-4-2)30-50-53(47,48)52-39-37(45)35(43)34(42)36(44)38(39)46/h15-16,18,20,31,34-39,42-46H,3-14,17,19,21-30H2,1-2H3,(H,47,48)/b16-15+,20-18+/t31-,34?,35+,36?,37?,38?,39?/m1/s1. The molecule has 0 aromatic carbocycles. The zero-order valence-corrected chi connectivity index (χ0v) is 33.2. The monoisotopic (exact) mass is 778 g/mol. The number of esters is 2. The topological polar surface area (TPSA) is 210 Å². The van der Waals surface area contributed by atoms with E-state index in [0.717, 1.165) is 44.9 Å². The van der Waals surface area contributed by atoms with E-state index in [1.807, 2.05) is 0 Å². The third-order valence-electron chi connectivity index (χ3n) is 9.30. The molecule has 1 aliphatic carbocycles. The molecule has 1 aliphatic rings. The molecule has 0 radical (unpaired) electrons. The first kappa shape index (κ1) is 49.3. The SMILES string of the molecule is CCCCCCCC/C=C/C/C=C/CCCCC(=O)O[C@H](COC(=O)CCCCCCCCCCC)COP(=O)(O)OC1C(O)C(O)C(O)[C@H](O)C1O. The first-order valence-electron chi connectivity index (χ1n) is 20.1. The Balaban J connectivity index is 2.55. The molecule has 6 N–H and O–H groups in total. The third kappa shape index (κ3) is 23.8. The minimum absolute atomic E-state index is 0.0563. The van der Waals surface area contributed by atoms with Crippen molar-refractivity contribution < 1.29 is 63.1 Å². The van der Waals surface area contributed by atoms with E-state index in [1.54, 1.807) is 0 Å². The van der Waals surface area contributed by atoms with Crippen molar-refractivity contribution in [1.29, 1.82) is 0 Å². The highest BCUT2D eigenvalue weighted by atomic mass is 31.2. The van der Waals surface area contributed by atoms with Crippen LogP contribution in [-0.2, 0) is 32.7 Å². The molecule has 0 bridgehead atoms. The molecule has 6 unspecified atom stereocenters. The van der Waals surface area contributed by atoms with Gasteiger partial charge in [-0.05, 0) is 44.9 Å². The van der Waals surface area contributed by atoms with Gasteiger partial charge in [0.15, 0.2) is 6.10 Å². The summed E-state index contributed by atoms with van der Waals surface area (Å²) in [6, 6.07) is 0. The number of ether oxygens (including phenoxy) is 2. The second kappa shape index (κ2) is 30.5. The number of phosphoric ester groups is 1. The lowest BCUT2D eigenvalue weighted by Crippen LogP contribution is -2.64. The van der Waals surface area contributed by atoms with Crippen LogP contribution in [0.2, 0.25) is 0 Å². The van der Waals surface area contributed by atoms with Crippen LogP contribution in [-0.4, -0.2) is 98.3 Å². The number of aliphatic hydroxyl groups is 5. The Morgan fingerprint density at radius 3 is 1.57 bits per heavy atom. The Bertz CT molecular complexity index is 1040. The second-order valence-electron chi connectivity index (χ2n) is 14.1. The van der Waals surface area contributed by atoms with E-state index >= 15 is 0 Å². The summed E-state index contributed by atoms with van der Waals surface area (Å²) in [7, 11) is -5.11. The van der Waals surface area contributed by atoms with Gasteiger partial charge in [-0.2, -0.15) is 0 Å². The van der Waals surface area contributed by atoms with Gasteiger partial charge in [-0.25, -0.2) is 4.57 Å². The van der Waals surface area contributed by atoms with Gasteiger partial charge < -0.3 is 39.9 Å². The predicted octanol–water partition coefficient (Wildman–Crippen LogP) is 6.50. The Morgan fingerprint density at radius 2 is 1.02 bits per heavy atom. The van der Waals surface area contributed by atoms with Gasteiger partial charge in [0.25, 0.3) is 0 Å².